The van der Waals surface area contributed by atoms with E-state index in [1.54, 1.807) is 0 Å². The first-order valence-corrected chi connectivity index (χ1v) is 5.45. The number of nitrogens with one attached hydrogen (secondary N) is 1. The number of hydrogen-bond acceptors (Lipinski definition) is 2. The standard InChI is InChI=1S/C13H21NO/c1-10(2)14-12-7-5-11(6-8-12)9-13(3,4)15/h5-8,10,14-15H,9H2,1-4H3. The Kier molecular flexibility index (Phi) is 3.75. The molecule has 0 fully saturated rings. The molecule has 0 aliphatic heterocycles. The largest absolute Gasteiger partial charge is 0.390 e. The first kappa shape index (κ1) is 12.1. The second-order valence-electron chi connectivity index (χ2n) is 4.99. The Morgan fingerprint density at radius 1 is 1.20 bits per heavy atom. The quantitative estimate of drug-likeness (QED) is 0.795. The molecule has 0 aliphatic rings. The number of benzene rings is 1. The van der Waals surface area contributed by atoms with Gasteiger partial charge < -0.3 is 10.4 Å². The highest BCUT2D eigenvalue weighted by Gasteiger charge is 2.12. The number of aliphatic hydroxyl groups is 1. The highest BCUT2D eigenvalue weighted by atomic mass is 16.3. The maximum atomic E-state index is 9.67. The summed E-state index contributed by atoms with van der Waals surface area (Å²) in [5, 5.41) is 13.0. The fraction of sp³-hybridized carbons (Fsp3) is 0.538. The van der Waals surface area contributed by atoms with Gasteiger partial charge in [0.2, 0.25) is 0 Å². The molecule has 0 heterocycles. The molecule has 2 N–H and O–H groups in total. The van der Waals surface area contributed by atoms with Crippen LogP contribution in [0, 0.1) is 0 Å². The van der Waals surface area contributed by atoms with Crippen molar-refractivity contribution < 1.29 is 5.11 Å². The van der Waals surface area contributed by atoms with Crippen LogP contribution in [0.25, 0.3) is 0 Å². The van der Waals surface area contributed by atoms with E-state index in [-0.39, 0.29) is 0 Å². The monoisotopic (exact) mass is 207 g/mol. The van der Waals surface area contributed by atoms with Gasteiger partial charge in [0.1, 0.15) is 0 Å². The van der Waals surface area contributed by atoms with Gasteiger partial charge in [0.05, 0.1) is 5.60 Å². The molecule has 2 heteroatoms. The van der Waals surface area contributed by atoms with Crippen LogP contribution in [0.4, 0.5) is 5.69 Å². The van der Waals surface area contributed by atoms with Crippen LogP contribution >= 0.6 is 0 Å². The van der Waals surface area contributed by atoms with Gasteiger partial charge in [0.25, 0.3) is 0 Å². The molecule has 1 aromatic rings. The number of hydrogen-bond donors (Lipinski definition) is 2. The minimum absolute atomic E-state index is 0.449. The number of anilines is 1. The van der Waals surface area contributed by atoms with E-state index >= 15 is 0 Å². The van der Waals surface area contributed by atoms with Crippen molar-refractivity contribution in [1.29, 1.82) is 0 Å². The van der Waals surface area contributed by atoms with Crippen LogP contribution < -0.4 is 5.32 Å². The zero-order valence-corrected chi connectivity index (χ0v) is 10.0. The second kappa shape index (κ2) is 4.67. The van der Waals surface area contributed by atoms with E-state index in [0.29, 0.717) is 12.5 Å². The van der Waals surface area contributed by atoms with Crippen molar-refractivity contribution in [2.24, 2.45) is 0 Å². The van der Waals surface area contributed by atoms with Crippen molar-refractivity contribution in [3.05, 3.63) is 29.8 Å². The minimum atomic E-state index is -0.632. The molecule has 15 heavy (non-hydrogen) atoms. The van der Waals surface area contributed by atoms with Crippen LogP contribution in [-0.4, -0.2) is 16.7 Å². The van der Waals surface area contributed by atoms with E-state index in [1.165, 1.54) is 0 Å². The fourth-order valence-electron chi connectivity index (χ4n) is 1.55. The van der Waals surface area contributed by atoms with E-state index in [1.807, 2.05) is 13.8 Å². The molecule has 0 atom stereocenters. The van der Waals surface area contributed by atoms with Gasteiger partial charge in [-0.15, -0.1) is 0 Å². The molecule has 1 rings (SSSR count). The van der Waals surface area contributed by atoms with Crippen molar-refractivity contribution in [1.82, 2.24) is 0 Å². The van der Waals surface area contributed by atoms with Gasteiger partial charge in [0.15, 0.2) is 0 Å². The second-order valence-corrected chi connectivity index (χ2v) is 4.99. The van der Waals surface area contributed by atoms with Gasteiger partial charge in [-0.05, 0) is 45.4 Å². The van der Waals surface area contributed by atoms with Crippen LogP contribution in [0.5, 0.6) is 0 Å². The predicted molar refractivity (Wildman–Crippen MR) is 65.2 cm³/mol. The molecule has 0 aromatic heterocycles. The smallest absolute Gasteiger partial charge is 0.0631 e. The Morgan fingerprint density at radius 3 is 2.13 bits per heavy atom. The van der Waals surface area contributed by atoms with E-state index in [4.69, 9.17) is 0 Å². The molecule has 0 saturated carbocycles. The van der Waals surface area contributed by atoms with Crippen molar-refractivity contribution in [2.75, 3.05) is 5.32 Å². The molecular weight excluding hydrogens is 186 g/mol. The molecule has 0 saturated heterocycles. The van der Waals surface area contributed by atoms with E-state index < -0.39 is 5.60 Å². The SMILES string of the molecule is CC(C)Nc1ccc(CC(C)(C)O)cc1. The number of rotatable bonds is 4. The zero-order valence-electron chi connectivity index (χ0n) is 10.0. The van der Waals surface area contributed by atoms with Crippen LogP contribution in [0.15, 0.2) is 24.3 Å². The van der Waals surface area contributed by atoms with Crippen molar-refractivity contribution in [3.63, 3.8) is 0 Å². The fourth-order valence-corrected chi connectivity index (χ4v) is 1.55. The predicted octanol–water partition coefficient (Wildman–Crippen LogP) is 2.82. The van der Waals surface area contributed by atoms with E-state index in [0.717, 1.165) is 11.3 Å². The Morgan fingerprint density at radius 2 is 1.73 bits per heavy atom. The highest BCUT2D eigenvalue weighted by molar-refractivity contribution is 5.45. The highest BCUT2D eigenvalue weighted by Crippen LogP contribution is 2.15. The molecule has 0 bridgehead atoms. The molecule has 2 nitrogen and oxygen atoms in total. The summed E-state index contributed by atoms with van der Waals surface area (Å²) in [5.74, 6) is 0. The maximum Gasteiger partial charge on any atom is 0.0631 e. The normalized spacial score (nSPS) is 11.9. The van der Waals surface area contributed by atoms with Crippen LogP contribution in [0.1, 0.15) is 33.3 Å². The molecule has 84 valence electrons. The maximum absolute atomic E-state index is 9.67. The van der Waals surface area contributed by atoms with Gasteiger partial charge in [0, 0.05) is 18.2 Å². The molecule has 0 unspecified atom stereocenters. The summed E-state index contributed by atoms with van der Waals surface area (Å²) < 4.78 is 0. The lowest BCUT2D eigenvalue weighted by molar-refractivity contribution is 0.0810. The molecule has 0 amide bonds. The van der Waals surface area contributed by atoms with E-state index in [9.17, 15) is 5.11 Å². The van der Waals surface area contributed by atoms with Crippen molar-refractivity contribution in [2.45, 2.75) is 45.8 Å². The summed E-state index contributed by atoms with van der Waals surface area (Å²) in [6, 6.07) is 8.68. The third kappa shape index (κ3) is 4.84. The third-order valence-corrected chi connectivity index (χ3v) is 2.05. The van der Waals surface area contributed by atoms with Gasteiger partial charge in [-0.3, -0.25) is 0 Å². The van der Waals surface area contributed by atoms with Gasteiger partial charge in [-0.2, -0.15) is 0 Å². The van der Waals surface area contributed by atoms with Crippen LogP contribution in [0.2, 0.25) is 0 Å². The first-order chi connectivity index (χ1) is 6.87. The lowest BCUT2D eigenvalue weighted by Crippen LogP contribution is -2.21. The summed E-state index contributed by atoms with van der Waals surface area (Å²) in [4.78, 5) is 0. The van der Waals surface area contributed by atoms with Gasteiger partial charge in [-0.1, -0.05) is 12.1 Å². The lowest BCUT2D eigenvalue weighted by Gasteiger charge is -2.17. The molecule has 0 spiro atoms. The van der Waals surface area contributed by atoms with Crippen molar-refractivity contribution in [3.8, 4) is 0 Å². The third-order valence-electron chi connectivity index (χ3n) is 2.05. The Hall–Kier alpha value is -1.02. The molecule has 0 radical (unpaired) electrons. The Balaban J connectivity index is 2.64. The van der Waals surface area contributed by atoms with Gasteiger partial charge >= 0.3 is 0 Å². The topological polar surface area (TPSA) is 32.3 Å². The lowest BCUT2D eigenvalue weighted by atomic mass is 9.99. The van der Waals surface area contributed by atoms with Gasteiger partial charge in [-0.25, -0.2) is 0 Å². The van der Waals surface area contributed by atoms with E-state index in [2.05, 4.69) is 43.4 Å². The Labute approximate surface area is 92.3 Å². The summed E-state index contributed by atoms with van der Waals surface area (Å²) in [6.45, 7) is 7.88. The average molecular weight is 207 g/mol. The first-order valence-electron chi connectivity index (χ1n) is 5.45. The zero-order chi connectivity index (χ0) is 11.5. The molecule has 0 aliphatic carbocycles. The minimum Gasteiger partial charge on any atom is -0.390 e. The van der Waals surface area contributed by atoms with Crippen LogP contribution in [-0.2, 0) is 6.42 Å². The summed E-state index contributed by atoms with van der Waals surface area (Å²) in [7, 11) is 0. The Bertz CT molecular complexity index is 295. The molecular formula is C13H21NO. The average Bonchev–Trinajstić information content (AvgIpc) is 2.05. The summed E-state index contributed by atoms with van der Waals surface area (Å²) in [5.41, 5.74) is 1.66. The summed E-state index contributed by atoms with van der Waals surface area (Å²) >= 11 is 0. The summed E-state index contributed by atoms with van der Waals surface area (Å²) in [6.07, 6.45) is 0.689. The van der Waals surface area contributed by atoms with Crippen molar-refractivity contribution >= 4 is 5.69 Å². The molecule has 1 aromatic carbocycles. The van der Waals surface area contributed by atoms with Crippen LogP contribution in [0.3, 0.4) is 0 Å².